The van der Waals surface area contributed by atoms with Crippen molar-refractivity contribution in [3.8, 4) is 0 Å². The summed E-state index contributed by atoms with van der Waals surface area (Å²) in [6.45, 7) is 2.14. The summed E-state index contributed by atoms with van der Waals surface area (Å²) in [4.78, 5) is 8.24. The van der Waals surface area contributed by atoms with Crippen molar-refractivity contribution >= 4 is 28.8 Å². The number of halogens is 5. The second-order valence-corrected chi connectivity index (χ2v) is 11.4. The molecule has 0 radical (unpaired) electrons. The van der Waals surface area contributed by atoms with E-state index < -0.39 is 18.0 Å². The van der Waals surface area contributed by atoms with Gasteiger partial charge in [0.2, 0.25) is 0 Å². The zero-order valence-electron chi connectivity index (χ0n) is 17.6. The molecule has 9 heteroatoms. The van der Waals surface area contributed by atoms with E-state index in [4.69, 9.17) is 4.99 Å². The van der Waals surface area contributed by atoms with Gasteiger partial charge in [-0.1, -0.05) is 12.1 Å². The van der Waals surface area contributed by atoms with Gasteiger partial charge >= 0.3 is 6.36 Å². The van der Waals surface area contributed by atoms with Crippen LogP contribution in [0.5, 0.6) is 0 Å². The first-order valence-corrected chi connectivity index (χ1v) is 12.2. The van der Waals surface area contributed by atoms with Crippen molar-refractivity contribution in [3.63, 3.8) is 0 Å². The second kappa shape index (κ2) is 8.27. The first-order valence-electron chi connectivity index (χ1n) is 10.6. The number of benzene rings is 1. The highest BCUT2D eigenvalue weighted by atomic mass is 32.2. The van der Waals surface area contributed by atoms with Crippen LogP contribution in [0.25, 0.3) is 0 Å². The first kappa shape index (κ1) is 22.7. The van der Waals surface area contributed by atoms with Gasteiger partial charge in [0.15, 0.2) is 0 Å². The maximum Gasteiger partial charge on any atom is 0.573 e. The average molecular weight is 498 g/mol. The Hall–Kier alpha value is -2.13. The smallest absolute Gasteiger partial charge is 0.406 e. The molecule has 0 N–H and O–H groups in total. The number of nitrogens with zero attached hydrogens (tertiary/aromatic N) is 1. The molecule has 3 heterocycles. The number of fused-ring (bicyclic) bond motifs is 1. The molecule has 2 aromatic rings. The maximum atomic E-state index is 14.2. The average Bonchev–Trinajstić information content (AvgIpc) is 3.42. The zero-order chi connectivity index (χ0) is 23.4. The summed E-state index contributed by atoms with van der Waals surface area (Å²) in [5.74, 6) is -1.32. The molecule has 174 valence electrons. The summed E-state index contributed by atoms with van der Waals surface area (Å²) in [6, 6.07) is 5.94. The Balaban J connectivity index is 1.28. The number of alkyl halides is 3. The topological polar surface area (TPSA) is 21.6 Å². The van der Waals surface area contributed by atoms with Crippen LogP contribution in [0.2, 0.25) is 0 Å². The highest BCUT2D eigenvalue weighted by Crippen LogP contribution is 2.54. The van der Waals surface area contributed by atoms with Gasteiger partial charge in [-0.25, -0.2) is 8.78 Å². The Kier molecular flexibility index (Phi) is 5.68. The van der Waals surface area contributed by atoms with Gasteiger partial charge in [0, 0.05) is 31.0 Å². The highest BCUT2D eigenvalue weighted by molar-refractivity contribution is 8.01. The largest absolute Gasteiger partial charge is 0.573 e. The van der Waals surface area contributed by atoms with Gasteiger partial charge in [-0.2, -0.15) is 0 Å². The first-order chi connectivity index (χ1) is 15.6. The fourth-order valence-corrected chi connectivity index (χ4v) is 7.76. The van der Waals surface area contributed by atoms with Crippen LogP contribution < -0.4 is 0 Å². The van der Waals surface area contributed by atoms with Crippen LogP contribution in [0.4, 0.5) is 22.0 Å². The van der Waals surface area contributed by atoms with E-state index in [0.717, 1.165) is 22.6 Å². The molecular weight excluding hydrogens is 477 g/mol. The van der Waals surface area contributed by atoms with Crippen molar-refractivity contribution in [2.75, 3.05) is 0 Å². The molecule has 1 aromatic carbocycles. The van der Waals surface area contributed by atoms with Crippen molar-refractivity contribution < 1.29 is 26.7 Å². The summed E-state index contributed by atoms with van der Waals surface area (Å²) in [5.41, 5.74) is 0.471. The maximum absolute atomic E-state index is 14.2. The van der Waals surface area contributed by atoms with Crippen molar-refractivity contribution in [1.29, 1.82) is 0 Å². The van der Waals surface area contributed by atoms with Crippen LogP contribution >= 0.6 is 23.1 Å². The lowest BCUT2D eigenvalue weighted by Crippen LogP contribution is -2.32. The molecule has 0 bridgehead atoms. The number of allylic oxidation sites excluding steroid dienone is 3. The Morgan fingerprint density at radius 1 is 1.18 bits per heavy atom. The standard InChI is InChI=1S/C24H20F5NOS2/c1-23(21-10-9-17(30-21)22-15(25)3-2-4-16(22)26)12-20-19(33-23)11-18(32-20)13-5-7-14(8-6-13)31-24(27,28)29/h2-5,7-8,11,13,21H,6,9-10,12H2,1H3. The Labute approximate surface area is 196 Å². The number of ether oxygens (including phenoxy) is 1. The monoisotopic (exact) mass is 497 g/mol. The number of hydrogen-bond acceptors (Lipinski definition) is 4. The molecule has 1 aromatic heterocycles. The molecule has 0 saturated heterocycles. The Bertz CT molecular complexity index is 1140. The Morgan fingerprint density at radius 3 is 2.58 bits per heavy atom. The van der Waals surface area contributed by atoms with Gasteiger partial charge in [0.1, 0.15) is 17.4 Å². The van der Waals surface area contributed by atoms with Crippen LogP contribution in [-0.4, -0.2) is 22.9 Å². The lowest BCUT2D eigenvalue weighted by Gasteiger charge is -2.28. The van der Waals surface area contributed by atoms with Gasteiger partial charge < -0.3 is 4.74 Å². The van der Waals surface area contributed by atoms with Crippen molar-refractivity contribution in [3.05, 3.63) is 75.2 Å². The number of thioether (sulfide) groups is 1. The summed E-state index contributed by atoms with van der Waals surface area (Å²) in [6.07, 6.45) is 2.45. The Morgan fingerprint density at radius 2 is 1.94 bits per heavy atom. The minimum absolute atomic E-state index is 0.0188. The third kappa shape index (κ3) is 4.49. The predicted molar refractivity (Wildman–Crippen MR) is 120 cm³/mol. The molecule has 1 aliphatic carbocycles. The molecule has 5 rings (SSSR count). The van der Waals surface area contributed by atoms with E-state index in [0.29, 0.717) is 18.6 Å². The number of rotatable bonds is 4. The molecule has 33 heavy (non-hydrogen) atoms. The summed E-state index contributed by atoms with van der Waals surface area (Å²) < 4.78 is 69.3. The van der Waals surface area contributed by atoms with E-state index in [-0.39, 0.29) is 28.0 Å². The van der Waals surface area contributed by atoms with Crippen LogP contribution in [0.1, 0.15) is 47.4 Å². The third-order valence-corrected chi connectivity index (χ3v) is 9.09. The predicted octanol–water partition coefficient (Wildman–Crippen LogP) is 7.55. The lowest BCUT2D eigenvalue weighted by atomic mass is 9.94. The molecule has 0 fully saturated rings. The van der Waals surface area contributed by atoms with Crippen LogP contribution in [0.3, 0.4) is 0 Å². The van der Waals surface area contributed by atoms with E-state index in [1.165, 1.54) is 35.2 Å². The van der Waals surface area contributed by atoms with Gasteiger partial charge in [0.25, 0.3) is 0 Å². The molecule has 3 unspecified atom stereocenters. The minimum atomic E-state index is -4.69. The SMILES string of the molecule is CC1(C2CCC(c3c(F)cccc3F)=N2)Cc2sc(C3C=CC(OC(F)(F)F)=CC3)cc2S1. The number of hydrogen-bond donors (Lipinski definition) is 0. The van der Waals surface area contributed by atoms with Gasteiger partial charge in [-0.3, -0.25) is 4.99 Å². The molecule has 2 nitrogen and oxygen atoms in total. The zero-order valence-corrected chi connectivity index (χ0v) is 19.2. The fourth-order valence-electron chi connectivity index (χ4n) is 4.63. The normalized spacial score (nSPS) is 26.8. The number of thiophene rings is 1. The van der Waals surface area contributed by atoms with E-state index in [2.05, 4.69) is 17.7 Å². The van der Waals surface area contributed by atoms with Gasteiger partial charge in [-0.05, 0) is 63.0 Å². The molecular formula is C24H20F5NOS2. The highest BCUT2D eigenvalue weighted by Gasteiger charge is 2.44. The van der Waals surface area contributed by atoms with E-state index in [1.54, 1.807) is 29.2 Å². The summed E-state index contributed by atoms with van der Waals surface area (Å²) in [7, 11) is 0. The van der Waals surface area contributed by atoms with Crippen LogP contribution in [0.15, 0.2) is 58.1 Å². The molecule has 3 aliphatic rings. The van der Waals surface area contributed by atoms with Crippen molar-refractivity contribution in [2.24, 2.45) is 4.99 Å². The lowest BCUT2D eigenvalue weighted by molar-refractivity contribution is -0.303. The van der Waals surface area contributed by atoms with Crippen molar-refractivity contribution in [1.82, 2.24) is 0 Å². The minimum Gasteiger partial charge on any atom is -0.406 e. The second-order valence-electron chi connectivity index (χ2n) is 8.61. The molecule has 0 amide bonds. The molecule has 2 aliphatic heterocycles. The van der Waals surface area contributed by atoms with E-state index >= 15 is 0 Å². The summed E-state index contributed by atoms with van der Waals surface area (Å²) in [5, 5.41) is 0. The third-order valence-electron chi connectivity index (χ3n) is 6.23. The van der Waals surface area contributed by atoms with Gasteiger partial charge in [-0.15, -0.1) is 36.3 Å². The molecule has 0 saturated carbocycles. The molecule has 3 atom stereocenters. The van der Waals surface area contributed by atoms with Crippen LogP contribution in [-0.2, 0) is 11.2 Å². The van der Waals surface area contributed by atoms with Crippen LogP contribution in [0, 0.1) is 11.6 Å². The van der Waals surface area contributed by atoms with E-state index in [1.807, 2.05) is 0 Å². The van der Waals surface area contributed by atoms with Gasteiger partial charge in [0.05, 0.1) is 11.6 Å². The quantitative estimate of drug-likeness (QED) is 0.407. The summed E-state index contributed by atoms with van der Waals surface area (Å²) >= 11 is 3.41. The molecule has 0 spiro atoms. The number of aliphatic imine (C=N–C) groups is 1. The fraction of sp³-hybridized carbons (Fsp3) is 0.375. The van der Waals surface area contributed by atoms with E-state index in [9.17, 15) is 22.0 Å². The van der Waals surface area contributed by atoms with Crippen molar-refractivity contribution in [2.45, 2.75) is 60.6 Å².